The van der Waals surface area contributed by atoms with Crippen LogP contribution in [0.1, 0.15) is 41.4 Å². The zero-order chi connectivity index (χ0) is 18.0. The van der Waals surface area contributed by atoms with Crippen molar-refractivity contribution in [2.75, 3.05) is 13.1 Å². The van der Waals surface area contributed by atoms with Crippen molar-refractivity contribution in [1.29, 1.82) is 0 Å². The van der Waals surface area contributed by atoms with Crippen molar-refractivity contribution in [3.8, 4) is 0 Å². The minimum Gasteiger partial charge on any atom is -0.481 e. The number of hydrogen-bond donors (Lipinski definition) is 2. The SMILES string of the molecule is CC(C)Cc1c[nH]c(C(=O)N2C[C@H](C(=O)O)[C@@H](c3ccccc3)C2)c1. The van der Waals surface area contributed by atoms with Gasteiger partial charge in [0.15, 0.2) is 0 Å². The Bertz CT molecular complexity index is 751. The van der Waals surface area contributed by atoms with Crippen LogP contribution in [0.3, 0.4) is 0 Å². The first kappa shape index (κ1) is 17.3. The molecular weight excluding hydrogens is 316 g/mol. The van der Waals surface area contributed by atoms with Crippen molar-refractivity contribution in [3.05, 3.63) is 59.4 Å². The third-order valence-electron chi connectivity index (χ3n) is 4.77. The van der Waals surface area contributed by atoms with Gasteiger partial charge in [-0.25, -0.2) is 0 Å². The van der Waals surface area contributed by atoms with Crippen molar-refractivity contribution in [2.24, 2.45) is 11.8 Å². The van der Waals surface area contributed by atoms with Crippen molar-refractivity contribution in [1.82, 2.24) is 9.88 Å². The molecular formula is C20H24N2O3. The number of carbonyl (C=O) groups excluding carboxylic acids is 1. The summed E-state index contributed by atoms with van der Waals surface area (Å²) in [5.74, 6) is -1.20. The summed E-state index contributed by atoms with van der Waals surface area (Å²) in [6.07, 6.45) is 2.78. The van der Waals surface area contributed by atoms with E-state index in [0.29, 0.717) is 18.2 Å². The molecule has 1 fully saturated rings. The summed E-state index contributed by atoms with van der Waals surface area (Å²) in [4.78, 5) is 29.2. The van der Waals surface area contributed by atoms with Crippen molar-refractivity contribution in [3.63, 3.8) is 0 Å². The molecule has 2 N–H and O–H groups in total. The van der Waals surface area contributed by atoms with Gasteiger partial charge < -0.3 is 15.0 Å². The third kappa shape index (κ3) is 3.76. The average molecular weight is 340 g/mol. The number of carboxylic acids is 1. The van der Waals surface area contributed by atoms with Gasteiger partial charge >= 0.3 is 5.97 Å². The topological polar surface area (TPSA) is 73.4 Å². The molecule has 0 saturated carbocycles. The lowest BCUT2D eigenvalue weighted by molar-refractivity contribution is -0.141. The van der Waals surface area contributed by atoms with Gasteiger partial charge in [0, 0.05) is 25.2 Å². The molecule has 25 heavy (non-hydrogen) atoms. The Morgan fingerprint density at radius 3 is 2.60 bits per heavy atom. The van der Waals surface area contributed by atoms with E-state index < -0.39 is 11.9 Å². The second kappa shape index (κ2) is 7.13. The van der Waals surface area contributed by atoms with E-state index in [2.05, 4.69) is 18.8 Å². The fourth-order valence-electron chi connectivity index (χ4n) is 3.58. The molecule has 2 atom stereocenters. The van der Waals surface area contributed by atoms with Gasteiger partial charge in [-0.05, 0) is 29.5 Å². The normalized spacial score (nSPS) is 20.2. The molecule has 1 aliphatic rings. The first-order chi connectivity index (χ1) is 12.0. The molecule has 3 rings (SSSR count). The van der Waals surface area contributed by atoms with Crippen molar-refractivity contribution >= 4 is 11.9 Å². The van der Waals surface area contributed by atoms with Crippen LogP contribution in [0.2, 0.25) is 0 Å². The van der Waals surface area contributed by atoms with Crippen LogP contribution in [0.4, 0.5) is 0 Å². The molecule has 1 amide bonds. The Labute approximate surface area is 147 Å². The number of likely N-dealkylation sites (tertiary alicyclic amines) is 1. The van der Waals surface area contributed by atoms with Gasteiger partial charge in [0.05, 0.1) is 5.92 Å². The van der Waals surface area contributed by atoms with E-state index >= 15 is 0 Å². The standard InChI is InChI=1S/C20H24N2O3/c1-13(2)8-14-9-18(21-10-14)19(23)22-11-16(17(12-22)20(24)25)15-6-4-3-5-7-15/h3-7,9-10,13,16-17,21H,8,11-12H2,1-2H3,(H,24,25)/t16-,17+/m1/s1. The van der Waals surface area contributed by atoms with Crippen LogP contribution in [-0.2, 0) is 11.2 Å². The minimum atomic E-state index is -0.851. The minimum absolute atomic E-state index is 0.125. The number of nitrogens with zero attached hydrogens (tertiary/aromatic N) is 1. The Morgan fingerprint density at radius 2 is 1.96 bits per heavy atom. The van der Waals surface area contributed by atoms with Crippen LogP contribution in [0.15, 0.2) is 42.6 Å². The Hall–Kier alpha value is -2.56. The first-order valence-electron chi connectivity index (χ1n) is 8.70. The molecule has 132 valence electrons. The fourth-order valence-corrected chi connectivity index (χ4v) is 3.58. The predicted octanol–water partition coefficient (Wildman–Crippen LogP) is 3.15. The summed E-state index contributed by atoms with van der Waals surface area (Å²) in [7, 11) is 0. The highest BCUT2D eigenvalue weighted by Crippen LogP contribution is 2.33. The van der Waals surface area contributed by atoms with Gasteiger partial charge in [0.2, 0.25) is 0 Å². The van der Waals surface area contributed by atoms with E-state index in [-0.39, 0.29) is 18.4 Å². The maximum absolute atomic E-state index is 12.8. The second-order valence-electron chi connectivity index (χ2n) is 7.19. The zero-order valence-corrected chi connectivity index (χ0v) is 14.6. The number of nitrogens with one attached hydrogen (secondary N) is 1. The van der Waals surface area contributed by atoms with Gasteiger partial charge in [-0.1, -0.05) is 44.2 Å². The molecule has 1 saturated heterocycles. The summed E-state index contributed by atoms with van der Waals surface area (Å²) in [6.45, 7) is 4.94. The van der Waals surface area contributed by atoms with E-state index in [1.54, 1.807) is 4.90 Å². The highest BCUT2D eigenvalue weighted by Gasteiger charge is 2.40. The highest BCUT2D eigenvalue weighted by molar-refractivity contribution is 5.93. The molecule has 2 aromatic rings. The quantitative estimate of drug-likeness (QED) is 0.878. The van der Waals surface area contributed by atoms with Gasteiger partial charge in [0.25, 0.3) is 5.91 Å². The summed E-state index contributed by atoms with van der Waals surface area (Å²) in [5, 5.41) is 9.57. The van der Waals surface area contributed by atoms with Crippen molar-refractivity contribution in [2.45, 2.75) is 26.2 Å². The molecule has 5 heteroatoms. The van der Waals surface area contributed by atoms with Crippen LogP contribution in [0, 0.1) is 11.8 Å². The molecule has 5 nitrogen and oxygen atoms in total. The van der Waals surface area contributed by atoms with E-state index in [1.807, 2.05) is 42.6 Å². The lowest BCUT2D eigenvalue weighted by Crippen LogP contribution is -2.30. The first-order valence-corrected chi connectivity index (χ1v) is 8.70. The van der Waals surface area contributed by atoms with Gasteiger partial charge in [-0.2, -0.15) is 0 Å². The number of carboxylic acid groups (broad SMARTS) is 1. The van der Waals surface area contributed by atoms with Gasteiger partial charge in [0.1, 0.15) is 5.69 Å². The number of benzene rings is 1. The molecule has 1 aromatic carbocycles. The Morgan fingerprint density at radius 1 is 1.24 bits per heavy atom. The van der Waals surface area contributed by atoms with Crippen molar-refractivity contribution < 1.29 is 14.7 Å². The summed E-state index contributed by atoms with van der Waals surface area (Å²) < 4.78 is 0. The van der Waals surface area contributed by atoms with Crippen LogP contribution >= 0.6 is 0 Å². The maximum atomic E-state index is 12.8. The number of aliphatic carboxylic acids is 1. The van der Waals surface area contributed by atoms with E-state index in [4.69, 9.17) is 0 Å². The lowest BCUT2D eigenvalue weighted by atomic mass is 9.89. The molecule has 0 spiro atoms. The van der Waals surface area contributed by atoms with Gasteiger partial charge in [-0.3, -0.25) is 9.59 Å². The lowest BCUT2D eigenvalue weighted by Gasteiger charge is -2.15. The Balaban J connectivity index is 1.78. The fraction of sp³-hybridized carbons (Fsp3) is 0.400. The molecule has 0 bridgehead atoms. The molecule has 1 aliphatic heterocycles. The van der Waals surface area contributed by atoms with E-state index in [1.165, 1.54) is 0 Å². The maximum Gasteiger partial charge on any atom is 0.308 e. The number of carbonyl (C=O) groups is 2. The number of H-pyrrole nitrogens is 1. The third-order valence-corrected chi connectivity index (χ3v) is 4.77. The summed E-state index contributed by atoms with van der Waals surface area (Å²) >= 11 is 0. The smallest absolute Gasteiger partial charge is 0.308 e. The predicted molar refractivity (Wildman–Crippen MR) is 95.5 cm³/mol. The zero-order valence-electron chi connectivity index (χ0n) is 14.6. The number of aromatic amines is 1. The molecule has 0 radical (unpaired) electrons. The van der Waals surface area contributed by atoms with Crippen LogP contribution in [0.25, 0.3) is 0 Å². The van der Waals surface area contributed by atoms with Crippen LogP contribution < -0.4 is 0 Å². The second-order valence-corrected chi connectivity index (χ2v) is 7.19. The molecule has 2 heterocycles. The molecule has 0 aliphatic carbocycles. The number of hydrogen-bond acceptors (Lipinski definition) is 2. The van der Waals surface area contributed by atoms with E-state index in [0.717, 1.165) is 17.5 Å². The molecule has 1 aromatic heterocycles. The summed E-state index contributed by atoms with van der Waals surface area (Å²) in [5.41, 5.74) is 2.61. The number of rotatable bonds is 5. The molecule has 0 unspecified atom stereocenters. The number of amides is 1. The average Bonchev–Trinajstić information content (AvgIpc) is 3.21. The largest absolute Gasteiger partial charge is 0.481 e. The monoisotopic (exact) mass is 340 g/mol. The van der Waals surface area contributed by atoms with Gasteiger partial charge in [-0.15, -0.1) is 0 Å². The number of aromatic nitrogens is 1. The van der Waals surface area contributed by atoms with Crippen LogP contribution in [0.5, 0.6) is 0 Å². The Kier molecular flexibility index (Phi) is 4.93. The van der Waals surface area contributed by atoms with Crippen LogP contribution in [-0.4, -0.2) is 40.0 Å². The highest BCUT2D eigenvalue weighted by atomic mass is 16.4. The van der Waals surface area contributed by atoms with E-state index in [9.17, 15) is 14.7 Å². The summed E-state index contributed by atoms with van der Waals surface area (Å²) in [6, 6.07) is 11.5.